The van der Waals surface area contributed by atoms with Crippen LogP contribution in [-0.4, -0.2) is 35.9 Å². The largest absolute Gasteiger partial charge is 0.461 e. The van der Waals surface area contributed by atoms with Crippen LogP contribution in [0.4, 0.5) is 0 Å². The monoisotopic (exact) mass is 335 g/mol. The Hall–Kier alpha value is -2.11. The fraction of sp³-hybridized carbons (Fsp3) is 0.611. The molecule has 6 heteroatoms. The topological polar surface area (TPSA) is 85.5 Å². The molecule has 2 rings (SSSR count). The van der Waals surface area contributed by atoms with E-state index < -0.39 is 5.97 Å². The van der Waals surface area contributed by atoms with Gasteiger partial charge in [-0.15, -0.1) is 0 Å². The van der Waals surface area contributed by atoms with Gasteiger partial charge in [0.15, 0.2) is 6.61 Å². The van der Waals surface area contributed by atoms with Crippen molar-refractivity contribution >= 4 is 17.7 Å². The maximum Gasteiger partial charge on any atom is 0.355 e. The fourth-order valence-corrected chi connectivity index (χ4v) is 3.30. The van der Waals surface area contributed by atoms with Gasteiger partial charge in [0, 0.05) is 17.7 Å². The number of ether oxygens (including phenoxy) is 2. The van der Waals surface area contributed by atoms with Crippen LogP contribution in [0.25, 0.3) is 0 Å². The van der Waals surface area contributed by atoms with Crippen LogP contribution in [0.15, 0.2) is 0 Å². The molecule has 0 atom stereocenters. The van der Waals surface area contributed by atoms with Crippen LogP contribution >= 0.6 is 0 Å². The first kappa shape index (κ1) is 18.2. The van der Waals surface area contributed by atoms with Crippen molar-refractivity contribution in [2.24, 2.45) is 5.92 Å². The van der Waals surface area contributed by atoms with Crippen LogP contribution in [-0.2, 0) is 14.3 Å². The Morgan fingerprint density at radius 1 is 1.12 bits per heavy atom. The second-order valence-corrected chi connectivity index (χ2v) is 6.28. The summed E-state index contributed by atoms with van der Waals surface area (Å²) in [5, 5.41) is 0. The number of aromatic nitrogens is 1. The van der Waals surface area contributed by atoms with Gasteiger partial charge in [-0.1, -0.05) is 12.8 Å². The molecular weight excluding hydrogens is 310 g/mol. The lowest BCUT2D eigenvalue weighted by molar-refractivity contribution is -0.143. The highest BCUT2D eigenvalue weighted by atomic mass is 16.5. The third-order valence-corrected chi connectivity index (χ3v) is 4.49. The van der Waals surface area contributed by atoms with Gasteiger partial charge in [-0.25, -0.2) is 4.79 Å². The first-order chi connectivity index (χ1) is 11.4. The van der Waals surface area contributed by atoms with E-state index in [2.05, 4.69) is 4.98 Å². The quantitative estimate of drug-likeness (QED) is 0.611. The van der Waals surface area contributed by atoms with Crippen LogP contribution in [0, 0.1) is 19.8 Å². The van der Waals surface area contributed by atoms with E-state index in [0.717, 1.165) is 25.7 Å². The van der Waals surface area contributed by atoms with E-state index in [9.17, 15) is 14.4 Å². The highest BCUT2D eigenvalue weighted by Crippen LogP contribution is 2.27. The van der Waals surface area contributed by atoms with E-state index in [1.807, 2.05) is 0 Å². The number of aromatic amines is 1. The summed E-state index contributed by atoms with van der Waals surface area (Å²) in [7, 11) is 0. The molecule has 1 saturated carbocycles. The molecule has 0 saturated heterocycles. The Labute approximate surface area is 141 Å². The summed E-state index contributed by atoms with van der Waals surface area (Å²) >= 11 is 0. The number of rotatable bonds is 7. The minimum atomic E-state index is -0.490. The Balaban J connectivity index is 1.96. The van der Waals surface area contributed by atoms with Gasteiger partial charge in [0.25, 0.3) is 0 Å². The number of H-pyrrole nitrogens is 1. The molecule has 1 aliphatic rings. The standard InChI is InChI=1S/C18H25NO5/c1-4-23-18(22)17-11(2)16(12(3)19-17)14(20)10-24-15(21)9-13-7-5-6-8-13/h13,19H,4-10H2,1-3H3. The third-order valence-electron chi connectivity index (χ3n) is 4.49. The van der Waals surface area contributed by atoms with Crippen molar-refractivity contribution < 1.29 is 23.9 Å². The van der Waals surface area contributed by atoms with Crippen molar-refractivity contribution in [3.63, 3.8) is 0 Å². The number of hydrogen-bond donors (Lipinski definition) is 1. The van der Waals surface area contributed by atoms with Gasteiger partial charge < -0.3 is 14.5 Å². The Morgan fingerprint density at radius 3 is 2.42 bits per heavy atom. The van der Waals surface area contributed by atoms with Crippen molar-refractivity contribution in [1.29, 1.82) is 0 Å². The minimum absolute atomic E-state index is 0.262. The summed E-state index contributed by atoms with van der Waals surface area (Å²) in [6.07, 6.45) is 4.82. The fourth-order valence-electron chi connectivity index (χ4n) is 3.30. The molecule has 1 aliphatic carbocycles. The number of ketones is 1. The number of aryl methyl sites for hydroxylation is 1. The second-order valence-electron chi connectivity index (χ2n) is 6.28. The molecule has 1 N–H and O–H groups in total. The summed E-state index contributed by atoms with van der Waals surface area (Å²) in [4.78, 5) is 39.0. The average Bonchev–Trinajstić information content (AvgIpc) is 3.13. The van der Waals surface area contributed by atoms with Gasteiger partial charge in [0.05, 0.1) is 6.61 Å². The van der Waals surface area contributed by atoms with Gasteiger partial charge in [0.2, 0.25) is 5.78 Å². The van der Waals surface area contributed by atoms with E-state index in [0.29, 0.717) is 29.2 Å². The molecule has 1 aromatic heterocycles. The van der Waals surface area contributed by atoms with E-state index in [4.69, 9.17) is 9.47 Å². The molecule has 0 radical (unpaired) electrons. The number of nitrogens with one attached hydrogen (secondary N) is 1. The van der Waals surface area contributed by atoms with E-state index in [1.165, 1.54) is 0 Å². The molecule has 0 unspecified atom stereocenters. The molecule has 1 heterocycles. The summed E-state index contributed by atoms with van der Waals surface area (Å²) in [5.74, 6) is -0.739. The molecule has 0 aromatic carbocycles. The molecule has 6 nitrogen and oxygen atoms in total. The summed E-state index contributed by atoms with van der Waals surface area (Å²) < 4.78 is 10.1. The smallest absolute Gasteiger partial charge is 0.355 e. The van der Waals surface area contributed by atoms with Gasteiger partial charge >= 0.3 is 11.9 Å². The second kappa shape index (κ2) is 8.13. The van der Waals surface area contributed by atoms with Crippen molar-refractivity contribution in [1.82, 2.24) is 4.98 Å². The average molecular weight is 335 g/mol. The van der Waals surface area contributed by atoms with Crippen LogP contribution in [0.5, 0.6) is 0 Å². The van der Waals surface area contributed by atoms with E-state index in [1.54, 1.807) is 20.8 Å². The first-order valence-corrected chi connectivity index (χ1v) is 8.49. The number of carbonyl (C=O) groups is 3. The normalized spacial score (nSPS) is 14.6. The zero-order valence-corrected chi connectivity index (χ0v) is 14.6. The number of carbonyl (C=O) groups excluding carboxylic acids is 3. The van der Waals surface area contributed by atoms with Crippen molar-refractivity contribution in [2.75, 3.05) is 13.2 Å². The third kappa shape index (κ3) is 4.24. The maximum atomic E-state index is 12.4. The minimum Gasteiger partial charge on any atom is -0.461 e. The summed E-state index contributed by atoms with van der Waals surface area (Å²) in [6, 6.07) is 0. The molecular formula is C18H25NO5. The molecule has 0 bridgehead atoms. The zero-order valence-electron chi connectivity index (χ0n) is 14.6. The van der Waals surface area contributed by atoms with Crippen molar-refractivity contribution in [3.8, 4) is 0 Å². The molecule has 24 heavy (non-hydrogen) atoms. The lowest BCUT2D eigenvalue weighted by atomic mass is 10.0. The summed E-state index contributed by atoms with van der Waals surface area (Å²) in [6.45, 7) is 5.08. The Morgan fingerprint density at radius 2 is 1.79 bits per heavy atom. The first-order valence-electron chi connectivity index (χ1n) is 8.49. The summed E-state index contributed by atoms with van der Waals surface area (Å²) in [5.41, 5.74) is 1.77. The maximum absolute atomic E-state index is 12.4. The molecule has 0 spiro atoms. The lowest BCUT2D eigenvalue weighted by Crippen LogP contribution is -2.17. The van der Waals surface area contributed by atoms with Crippen LogP contribution in [0.2, 0.25) is 0 Å². The van der Waals surface area contributed by atoms with Crippen LogP contribution < -0.4 is 0 Å². The van der Waals surface area contributed by atoms with E-state index in [-0.39, 0.29) is 30.7 Å². The SMILES string of the molecule is CCOC(=O)c1[nH]c(C)c(C(=O)COC(=O)CC2CCCC2)c1C. The highest BCUT2D eigenvalue weighted by molar-refractivity contribution is 6.03. The van der Waals surface area contributed by atoms with Crippen molar-refractivity contribution in [2.45, 2.75) is 52.9 Å². The molecule has 132 valence electrons. The van der Waals surface area contributed by atoms with Crippen molar-refractivity contribution in [3.05, 3.63) is 22.5 Å². The Bertz CT molecular complexity index is 626. The van der Waals surface area contributed by atoms with Gasteiger partial charge in [-0.2, -0.15) is 0 Å². The number of esters is 2. The van der Waals surface area contributed by atoms with Gasteiger partial charge in [-0.05, 0) is 45.1 Å². The molecule has 1 aromatic rings. The predicted octanol–water partition coefficient (Wildman–Crippen LogP) is 3.11. The lowest BCUT2D eigenvalue weighted by Gasteiger charge is -2.09. The number of hydrogen-bond acceptors (Lipinski definition) is 5. The van der Waals surface area contributed by atoms with Gasteiger partial charge in [0.1, 0.15) is 5.69 Å². The van der Waals surface area contributed by atoms with Crippen LogP contribution in [0.3, 0.4) is 0 Å². The number of Topliss-reactive ketones (excluding diaryl/α,β-unsaturated/α-hetero) is 1. The highest BCUT2D eigenvalue weighted by Gasteiger charge is 2.24. The molecule has 1 fully saturated rings. The predicted molar refractivity (Wildman–Crippen MR) is 88.1 cm³/mol. The molecule has 0 aliphatic heterocycles. The molecule has 0 amide bonds. The van der Waals surface area contributed by atoms with E-state index >= 15 is 0 Å². The zero-order chi connectivity index (χ0) is 17.7. The van der Waals surface area contributed by atoms with Gasteiger partial charge in [-0.3, -0.25) is 9.59 Å². The van der Waals surface area contributed by atoms with Crippen LogP contribution in [0.1, 0.15) is 71.1 Å². The Kier molecular flexibility index (Phi) is 6.17.